The van der Waals surface area contributed by atoms with E-state index in [1.165, 1.54) is 17.6 Å². The molecule has 2 heterocycles. The van der Waals surface area contributed by atoms with Crippen LogP contribution in [0.3, 0.4) is 0 Å². The molecule has 0 atom stereocenters. The smallest absolute Gasteiger partial charge is 0.341 e. The number of ether oxygens (including phenoxy) is 3. The first-order valence-corrected chi connectivity index (χ1v) is 9.65. The zero-order valence-electron chi connectivity index (χ0n) is 15.4. The van der Waals surface area contributed by atoms with Crippen molar-refractivity contribution in [2.24, 2.45) is 5.10 Å². The highest BCUT2D eigenvalue weighted by molar-refractivity contribution is 7.23. The van der Waals surface area contributed by atoms with Gasteiger partial charge in [0.2, 0.25) is 6.79 Å². The second kappa shape index (κ2) is 8.19. The van der Waals surface area contributed by atoms with Crippen molar-refractivity contribution in [2.45, 2.75) is 6.92 Å². The van der Waals surface area contributed by atoms with Gasteiger partial charge in [-0.3, -0.25) is 5.32 Å². The molecule has 0 radical (unpaired) electrons. The summed E-state index contributed by atoms with van der Waals surface area (Å²) in [7, 11) is 0. The van der Waals surface area contributed by atoms with Gasteiger partial charge in [-0.1, -0.05) is 18.2 Å². The van der Waals surface area contributed by atoms with E-state index in [4.69, 9.17) is 14.2 Å². The molecule has 2 amide bonds. The summed E-state index contributed by atoms with van der Waals surface area (Å²) in [5, 5.41) is 7.74. The largest absolute Gasteiger partial charge is 0.462 e. The lowest BCUT2D eigenvalue weighted by Crippen LogP contribution is -2.24. The Morgan fingerprint density at radius 1 is 1.21 bits per heavy atom. The number of anilines is 1. The highest BCUT2D eigenvalue weighted by atomic mass is 32.1. The minimum absolute atomic E-state index is 0.189. The van der Waals surface area contributed by atoms with Crippen molar-refractivity contribution in [3.8, 4) is 11.5 Å². The van der Waals surface area contributed by atoms with Crippen molar-refractivity contribution in [1.29, 1.82) is 0 Å². The number of carbonyl (C=O) groups is 2. The fraction of sp³-hybridized carbons (Fsp3) is 0.150. The quantitative estimate of drug-likeness (QED) is 0.376. The number of fused-ring (bicyclic) bond motifs is 2. The van der Waals surface area contributed by atoms with Crippen LogP contribution in [0.25, 0.3) is 10.1 Å². The Balaban J connectivity index is 1.47. The topological polar surface area (TPSA) is 98.2 Å². The summed E-state index contributed by atoms with van der Waals surface area (Å²) in [5.74, 6) is 0.816. The molecule has 1 aliphatic heterocycles. The summed E-state index contributed by atoms with van der Waals surface area (Å²) in [6.45, 7) is 2.17. The Hall–Kier alpha value is -3.59. The highest BCUT2D eigenvalue weighted by Crippen LogP contribution is 2.36. The van der Waals surface area contributed by atoms with E-state index in [1.807, 2.05) is 24.3 Å². The van der Waals surface area contributed by atoms with Crippen molar-refractivity contribution in [3.05, 3.63) is 53.6 Å². The van der Waals surface area contributed by atoms with Crippen molar-refractivity contribution in [1.82, 2.24) is 5.43 Å². The monoisotopic (exact) mass is 411 g/mol. The molecule has 8 nitrogen and oxygen atoms in total. The summed E-state index contributed by atoms with van der Waals surface area (Å²) < 4.78 is 16.6. The van der Waals surface area contributed by atoms with E-state index in [0.717, 1.165) is 15.6 Å². The van der Waals surface area contributed by atoms with E-state index >= 15 is 0 Å². The first-order valence-electron chi connectivity index (χ1n) is 8.84. The average molecular weight is 411 g/mol. The number of rotatable bonds is 5. The van der Waals surface area contributed by atoms with E-state index in [9.17, 15) is 9.59 Å². The number of nitrogens with one attached hydrogen (secondary N) is 2. The van der Waals surface area contributed by atoms with Gasteiger partial charge in [0.25, 0.3) is 0 Å². The molecule has 0 spiro atoms. The molecular weight excluding hydrogens is 394 g/mol. The van der Waals surface area contributed by atoms with E-state index in [0.29, 0.717) is 22.1 Å². The third-order valence-corrected chi connectivity index (χ3v) is 5.16. The van der Waals surface area contributed by atoms with Crippen LogP contribution in [0.15, 0.2) is 47.6 Å². The van der Waals surface area contributed by atoms with Crippen LogP contribution in [-0.4, -0.2) is 31.6 Å². The fourth-order valence-corrected chi connectivity index (χ4v) is 3.92. The lowest BCUT2D eigenvalue weighted by atomic mass is 10.1. The van der Waals surface area contributed by atoms with Crippen LogP contribution in [-0.2, 0) is 4.74 Å². The van der Waals surface area contributed by atoms with Crippen LogP contribution in [0.1, 0.15) is 22.8 Å². The van der Waals surface area contributed by atoms with Crippen molar-refractivity contribution in [2.75, 3.05) is 18.7 Å². The number of hydrogen-bond donors (Lipinski definition) is 2. The Labute approximate surface area is 170 Å². The van der Waals surface area contributed by atoms with Gasteiger partial charge in [-0.2, -0.15) is 5.10 Å². The first kappa shape index (κ1) is 18.8. The van der Waals surface area contributed by atoms with Gasteiger partial charge in [0.15, 0.2) is 11.5 Å². The zero-order chi connectivity index (χ0) is 20.2. The van der Waals surface area contributed by atoms with Gasteiger partial charge in [-0.25, -0.2) is 15.0 Å². The third kappa shape index (κ3) is 3.99. The van der Waals surface area contributed by atoms with Gasteiger partial charge in [0.1, 0.15) is 10.6 Å². The minimum Gasteiger partial charge on any atom is -0.462 e. The number of esters is 1. The number of amides is 2. The second-order valence-corrected chi connectivity index (χ2v) is 7.01. The van der Waals surface area contributed by atoms with Crippen LogP contribution in [0.5, 0.6) is 11.5 Å². The van der Waals surface area contributed by atoms with Crippen LogP contribution in [0.2, 0.25) is 0 Å². The first-order chi connectivity index (χ1) is 14.2. The molecule has 2 aromatic carbocycles. The molecule has 9 heteroatoms. The number of nitrogens with zero attached hydrogens (tertiary/aromatic N) is 1. The predicted molar refractivity (Wildman–Crippen MR) is 110 cm³/mol. The molecule has 0 aliphatic carbocycles. The summed E-state index contributed by atoms with van der Waals surface area (Å²) in [5.41, 5.74) is 3.47. The van der Waals surface area contributed by atoms with Gasteiger partial charge in [-0.05, 0) is 36.8 Å². The molecule has 0 saturated heterocycles. The molecule has 148 valence electrons. The number of urea groups is 1. The number of hydrogen-bond acceptors (Lipinski definition) is 7. The van der Waals surface area contributed by atoms with Crippen LogP contribution >= 0.6 is 11.3 Å². The van der Waals surface area contributed by atoms with Crippen molar-refractivity contribution < 1.29 is 23.8 Å². The third-order valence-electron chi connectivity index (χ3n) is 4.08. The molecule has 1 aromatic heterocycles. The summed E-state index contributed by atoms with van der Waals surface area (Å²) in [6.07, 6.45) is 1.48. The maximum Gasteiger partial charge on any atom is 0.341 e. The molecule has 1 aliphatic rings. The summed E-state index contributed by atoms with van der Waals surface area (Å²) in [4.78, 5) is 24.6. The van der Waals surface area contributed by atoms with Gasteiger partial charge in [0.05, 0.1) is 12.8 Å². The maximum absolute atomic E-state index is 12.4. The maximum atomic E-state index is 12.4. The van der Waals surface area contributed by atoms with Crippen molar-refractivity contribution in [3.63, 3.8) is 0 Å². The Kier molecular flexibility index (Phi) is 5.30. The van der Waals surface area contributed by atoms with E-state index in [-0.39, 0.29) is 13.4 Å². The van der Waals surface area contributed by atoms with E-state index in [1.54, 1.807) is 25.1 Å². The molecule has 0 bridgehead atoms. The number of hydrazone groups is 1. The molecule has 0 fully saturated rings. The highest BCUT2D eigenvalue weighted by Gasteiger charge is 2.21. The molecule has 0 unspecified atom stereocenters. The molecular formula is C20H17N3O5S. The molecule has 3 aromatic rings. The number of benzene rings is 2. The fourth-order valence-electron chi connectivity index (χ4n) is 2.83. The molecule has 4 rings (SSSR count). The Morgan fingerprint density at radius 2 is 2.03 bits per heavy atom. The molecule has 29 heavy (non-hydrogen) atoms. The summed E-state index contributed by atoms with van der Waals surface area (Å²) >= 11 is 1.29. The van der Waals surface area contributed by atoms with Gasteiger partial charge < -0.3 is 14.2 Å². The SMILES string of the molecule is CCOC(=O)c1c(NC(=O)NN=Cc2ccc3c(c2)OCO3)sc2ccccc12. The number of thiophene rings is 1. The predicted octanol–water partition coefficient (Wildman–Crippen LogP) is 3.96. The van der Waals surface area contributed by atoms with Crippen LogP contribution in [0.4, 0.5) is 9.80 Å². The molecule has 0 saturated carbocycles. The Morgan fingerprint density at radius 3 is 2.90 bits per heavy atom. The van der Waals surface area contributed by atoms with E-state index < -0.39 is 12.0 Å². The normalized spacial score (nSPS) is 12.3. The lowest BCUT2D eigenvalue weighted by Gasteiger charge is -2.06. The van der Waals surface area contributed by atoms with Crippen molar-refractivity contribution >= 4 is 44.6 Å². The van der Waals surface area contributed by atoms with Gasteiger partial charge in [0, 0.05) is 10.1 Å². The van der Waals surface area contributed by atoms with Gasteiger partial charge in [-0.15, -0.1) is 11.3 Å². The second-order valence-electron chi connectivity index (χ2n) is 5.96. The standard InChI is InChI=1S/C20H17N3O5S/c1-2-26-19(24)17-13-5-3-4-6-16(13)29-18(17)22-20(25)23-21-10-12-7-8-14-15(9-12)28-11-27-14/h3-10H,2,11H2,1H3,(H2,22,23,25). The average Bonchev–Trinajstić information content (AvgIpc) is 3.31. The zero-order valence-corrected chi connectivity index (χ0v) is 16.2. The summed E-state index contributed by atoms with van der Waals surface area (Å²) in [6, 6.07) is 12.1. The van der Waals surface area contributed by atoms with E-state index in [2.05, 4.69) is 15.8 Å². The van der Waals surface area contributed by atoms with Crippen LogP contribution < -0.4 is 20.2 Å². The lowest BCUT2D eigenvalue weighted by molar-refractivity contribution is 0.0530. The molecule has 2 N–H and O–H groups in total. The van der Waals surface area contributed by atoms with Crippen LogP contribution in [0, 0.1) is 0 Å². The minimum atomic E-state index is -0.570. The number of carbonyl (C=O) groups excluding carboxylic acids is 2. The Bertz CT molecular complexity index is 1110. The van der Waals surface area contributed by atoms with Gasteiger partial charge >= 0.3 is 12.0 Å².